The minimum absolute atomic E-state index is 0.266. The summed E-state index contributed by atoms with van der Waals surface area (Å²) in [6, 6.07) is 4.01. The number of nitrogens with zero attached hydrogens (tertiary/aromatic N) is 1. The van der Waals surface area contributed by atoms with E-state index in [1.807, 2.05) is 39.8 Å². The minimum atomic E-state index is -3.64. The topological polar surface area (TPSA) is 67.8 Å². The summed E-state index contributed by atoms with van der Waals surface area (Å²) in [5, 5.41) is 15.0. The monoisotopic (exact) mass is 626 g/mol. The molecule has 252 valence electrons. The summed E-state index contributed by atoms with van der Waals surface area (Å²) in [6.45, 7) is 25.4. The van der Waals surface area contributed by atoms with Gasteiger partial charge in [0.1, 0.15) is 11.5 Å². The standard InChI is InChI=1S/C36H69N2O4P/c1-14-15-16-17-18-19-20-21-24-38(12,13)25-22-23-37-34(43(40,41-28(2)3)42-29(4)5)30-26-31(35(6,7)8)33(39)32(27-30)36(9,10)11/h26-29,34,37H,14-25H2,1-13H3/p+1. The molecule has 0 fully saturated rings. The average molecular weight is 626 g/mol. The van der Waals surface area contributed by atoms with Crippen molar-refractivity contribution in [2.24, 2.45) is 0 Å². The molecule has 1 rings (SSSR count). The van der Waals surface area contributed by atoms with Gasteiger partial charge in [-0.15, -0.1) is 0 Å². The lowest BCUT2D eigenvalue weighted by molar-refractivity contribution is -0.890. The third-order valence-electron chi connectivity index (χ3n) is 7.99. The molecule has 1 unspecified atom stereocenters. The number of unbranched alkanes of at least 4 members (excludes halogenated alkanes) is 7. The van der Waals surface area contributed by atoms with Gasteiger partial charge in [-0.1, -0.05) is 87.0 Å². The Balaban J connectivity index is 3.20. The molecule has 7 heteroatoms. The first-order chi connectivity index (χ1) is 19.7. The molecule has 0 bridgehead atoms. The molecule has 6 nitrogen and oxygen atoms in total. The number of rotatable bonds is 20. The van der Waals surface area contributed by atoms with Crippen LogP contribution in [0.2, 0.25) is 0 Å². The number of nitrogens with one attached hydrogen (secondary N) is 1. The van der Waals surface area contributed by atoms with E-state index in [0.29, 0.717) is 12.3 Å². The highest BCUT2D eigenvalue weighted by molar-refractivity contribution is 7.54. The van der Waals surface area contributed by atoms with E-state index >= 15 is 0 Å². The second-order valence-corrected chi connectivity index (χ2v) is 17.9. The van der Waals surface area contributed by atoms with Gasteiger partial charge in [-0.05, 0) is 80.2 Å². The Labute approximate surface area is 266 Å². The number of phenolic OH excluding ortho intramolecular Hbond substituents is 1. The summed E-state index contributed by atoms with van der Waals surface area (Å²) in [7, 11) is 0.998. The second-order valence-electron chi connectivity index (χ2n) is 15.9. The molecule has 43 heavy (non-hydrogen) atoms. The Morgan fingerprint density at radius 2 is 1.19 bits per heavy atom. The van der Waals surface area contributed by atoms with Crippen LogP contribution in [0.1, 0.15) is 156 Å². The molecule has 1 aromatic rings. The smallest absolute Gasteiger partial charge is 0.352 e. The predicted octanol–water partition coefficient (Wildman–Crippen LogP) is 10.2. The Morgan fingerprint density at radius 3 is 1.60 bits per heavy atom. The molecule has 0 aromatic heterocycles. The predicted molar refractivity (Wildman–Crippen MR) is 185 cm³/mol. The molecular weight excluding hydrogens is 555 g/mol. The van der Waals surface area contributed by atoms with Crippen LogP contribution >= 0.6 is 7.60 Å². The first-order valence-corrected chi connectivity index (χ1v) is 18.7. The van der Waals surface area contributed by atoms with Crippen molar-refractivity contribution in [1.29, 1.82) is 0 Å². The lowest BCUT2D eigenvalue weighted by Crippen LogP contribution is -2.42. The fourth-order valence-electron chi connectivity index (χ4n) is 5.64. The van der Waals surface area contributed by atoms with E-state index in [2.05, 4.69) is 67.9 Å². The van der Waals surface area contributed by atoms with Gasteiger partial charge in [0.15, 0.2) is 0 Å². The molecule has 0 heterocycles. The van der Waals surface area contributed by atoms with Crippen LogP contribution < -0.4 is 5.32 Å². The van der Waals surface area contributed by atoms with Crippen molar-refractivity contribution in [2.45, 2.75) is 163 Å². The molecule has 0 radical (unpaired) electrons. The molecule has 0 aliphatic heterocycles. The van der Waals surface area contributed by atoms with Crippen LogP contribution in [0, 0.1) is 0 Å². The van der Waals surface area contributed by atoms with Crippen LogP contribution in [0.5, 0.6) is 5.75 Å². The van der Waals surface area contributed by atoms with E-state index in [1.165, 1.54) is 57.9 Å². The Morgan fingerprint density at radius 1 is 0.767 bits per heavy atom. The normalized spacial score (nSPS) is 14.2. The molecule has 0 amide bonds. The van der Waals surface area contributed by atoms with E-state index in [1.54, 1.807) is 0 Å². The van der Waals surface area contributed by atoms with Crippen LogP contribution in [0.3, 0.4) is 0 Å². The number of benzene rings is 1. The summed E-state index contributed by atoms with van der Waals surface area (Å²) in [5.41, 5.74) is 1.91. The summed E-state index contributed by atoms with van der Waals surface area (Å²) < 4.78 is 27.9. The number of quaternary nitrogens is 1. The first kappa shape index (κ1) is 40.1. The molecule has 0 aliphatic carbocycles. The van der Waals surface area contributed by atoms with Gasteiger partial charge in [0.25, 0.3) is 0 Å². The van der Waals surface area contributed by atoms with E-state index in [9.17, 15) is 9.67 Å². The van der Waals surface area contributed by atoms with Crippen molar-refractivity contribution < 1.29 is 23.2 Å². The summed E-state index contributed by atoms with van der Waals surface area (Å²) in [4.78, 5) is 0. The van der Waals surface area contributed by atoms with Crippen molar-refractivity contribution in [3.8, 4) is 5.75 Å². The lowest BCUT2D eigenvalue weighted by Gasteiger charge is -2.34. The molecule has 0 aliphatic rings. The lowest BCUT2D eigenvalue weighted by atomic mass is 9.78. The van der Waals surface area contributed by atoms with Gasteiger partial charge in [-0.25, -0.2) is 0 Å². The molecule has 1 aromatic carbocycles. The molecule has 0 saturated carbocycles. The molecule has 2 N–H and O–H groups in total. The van der Waals surface area contributed by atoms with Crippen molar-refractivity contribution >= 4 is 7.60 Å². The molecule has 0 saturated heterocycles. The quantitative estimate of drug-likeness (QED) is 0.0857. The van der Waals surface area contributed by atoms with Crippen LogP contribution in [0.15, 0.2) is 12.1 Å². The van der Waals surface area contributed by atoms with Crippen LogP contribution in [-0.2, 0) is 24.4 Å². The average Bonchev–Trinajstić information content (AvgIpc) is 2.83. The van der Waals surface area contributed by atoms with E-state index in [0.717, 1.165) is 34.1 Å². The number of hydrogen-bond donors (Lipinski definition) is 2. The Bertz CT molecular complexity index is 943. The SMILES string of the molecule is CCCCCCCCCC[N+](C)(C)CCCNC(c1cc(C(C)(C)C)c(O)c(C(C)(C)C)c1)P(=O)(OC(C)C)OC(C)C. The van der Waals surface area contributed by atoms with E-state index in [-0.39, 0.29) is 23.0 Å². The van der Waals surface area contributed by atoms with Crippen LogP contribution in [0.4, 0.5) is 0 Å². The van der Waals surface area contributed by atoms with Gasteiger partial charge in [-0.3, -0.25) is 9.88 Å². The van der Waals surface area contributed by atoms with Crippen LogP contribution in [0.25, 0.3) is 0 Å². The maximum Gasteiger partial charge on any atom is 0.352 e. The van der Waals surface area contributed by atoms with Gasteiger partial charge in [0.2, 0.25) is 0 Å². The highest BCUT2D eigenvalue weighted by atomic mass is 31.2. The first-order valence-electron chi connectivity index (χ1n) is 17.1. The molecule has 0 spiro atoms. The number of aromatic hydroxyl groups is 1. The number of phenols is 1. The molecular formula is C36H70N2O4P+. The maximum absolute atomic E-state index is 14.6. The van der Waals surface area contributed by atoms with Gasteiger partial charge in [0.05, 0.1) is 39.4 Å². The fourth-order valence-corrected chi connectivity index (χ4v) is 7.97. The van der Waals surface area contributed by atoms with Crippen molar-refractivity contribution in [3.63, 3.8) is 0 Å². The van der Waals surface area contributed by atoms with Gasteiger partial charge in [0, 0.05) is 13.0 Å². The van der Waals surface area contributed by atoms with Gasteiger partial charge < -0.3 is 18.6 Å². The summed E-state index contributed by atoms with van der Waals surface area (Å²) >= 11 is 0. The zero-order valence-corrected chi connectivity index (χ0v) is 31.3. The van der Waals surface area contributed by atoms with E-state index in [4.69, 9.17) is 9.05 Å². The Hall–Kier alpha value is -0.910. The molecule has 1 atom stereocenters. The fraction of sp³-hybridized carbons (Fsp3) is 0.833. The zero-order chi connectivity index (χ0) is 33.1. The minimum Gasteiger partial charge on any atom is -0.507 e. The third-order valence-corrected chi connectivity index (χ3v) is 10.5. The van der Waals surface area contributed by atoms with E-state index < -0.39 is 13.4 Å². The maximum atomic E-state index is 14.6. The second kappa shape index (κ2) is 17.7. The van der Waals surface area contributed by atoms with Crippen molar-refractivity contribution in [1.82, 2.24) is 5.32 Å². The number of hydrogen-bond acceptors (Lipinski definition) is 5. The van der Waals surface area contributed by atoms with Crippen molar-refractivity contribution in [3.05, 3.63) is 28.8 Å². The Kier molecular flexibility index (Phi) is 16.5. The summed E-state index contributed by atoms with van der Waals surface area (Å²) in [6.07, 6.45) is 11.1. The van der Waals surface area contributed by atoms with Gasteiger partial charge >= 0.3 is 7.60 Å². The largest absolute Gasteiger partial charge is 0.507 e. The van der Waals surface area contributed by atoms with Gasteiger partial charge in [-0.2, -0.15) is 0 Å². The zero-order valence-electron chi connectivity index (χ0n) is 30.4. The van der Waals surface area contributed by atoms with Crippen LogP contribution in [-0.4, -0.2) is 55.5 Å². The third kappa shape index (κ3) is 14.4. The highest BCUT2D eigenvalue weighted by Gasteiger charge is 2.41. The summed E-state index contributed by atoms with van der Waals surface area (Å²) in [5.74, 6) is -0.338. The van der Waals surface area contributed by atoms with Crippen molar-refractivity contribution in [2.75, 3.05) is 33.7 Å². The highest BCUT2D eigenvalue weighted by Crippen LogP contribution is 2.62.